The lowest BCUT2D eigenvalue weighted by molar-refractivity contribution is 0.217. The number of hydrogen-bond donors (Lipinski definition) is 2. The van der Waals surface area contributed by atoms with Crippen molar-refractivity contribution >= 4 is 32.2 Å². The molecule has 1 saturated carbocycles. The lowest BCUT2D eigenvalue weighted by Crippen LogP contribution is -2.35. The molecule has 2 heterocycles. The van der Waals surface area contributed by atoms with Crippen molar-refractivity contribution in [2.45, 2.75) is 35.8 Å². The second kappa shape index (κ2) is 5.73. The summed E-state index contributed by atoms with van der Waals surface area (Å²) >= 11 is 1.16. The Morgan fingerprint density at radius 2 is 2.19 bits per heavy atom. The number of anilines is 2. The number of aromatic nitrogens is 1. The maximum atomic E-state index is 12.4. The van der Waals surface area contributed by atoms with Crippen LogP contribution in [0.15, 0.2) is 4.90 Å². The number of nitrogens with two attached hydrogens (primary N) is 1. The molecule has 3 N–H and O–H groups in total. The third-order valence-corrected chi connectivity index (χ3v) is 7.47. The van der Waals surface area contributed by atoms with Crippen molar-refractivity contribution < 1.29 is 8.42 Å². The van der Waals surface area contributed by atoms with E-state index in [1.165, 1.54) is 12.8 Å². The van der Waals surface area contributed by atoms with Crippen LogP contribution in [0.4, 0.5) is 10.8 Å². The predicted octanol–water partition coefficient (Wildman–Crippen LogP) is 1.42. The molecule has 2 aliphatic rings. The van der Waals surface area contributed by atoms with E-state index in [1.54, 1.807) is 0 Å². The maximum absolute atomic E-state index is 12.4. The zero-order valence-electron chi connectivity index (χ0n) is 12.2. The first-order valence-electron chi connectivity index (χ1n) is 7.40. The van der Waals surface area contributed by atoms with Crippen LogP contribution < -0.4 is 11.1 Å². The van der Waals surface area contributed by atoms with Gasteiger partial charge in [-0.3, -0.25) is 0 Å². The van der Waals surface area contributed by atoms with Crippen molar-refractivity contribution in [1.82, 2.24) is 9.27 Å². The number of nitrogens with one attached hydrogen (secondary N) is 1. The summed E-state index contributed by atoms with van der Waals surface area (Å²) in [5, 5.41) is 3.65. The first-order chi connectivity index (χ1) is 9.98. The molecule has 0 bridgehead atoms. The minimum atomic E-state index is -3.30. The second-order valence-electron chi connectivity index (χ2n) is 6.12. The SMILES string of the molecule is CN1CCCC(CNc2snc(N)c2S(=O)(=O)C2CC2)C1. The lowest BCUT2D eigenvalue weighted by Gasteiger charge is -2.29. The Morgan fingerprint density at radius 1 is 1.43 bits per heavy atom. The summed E-state index contributed by atoms with van der Waals surface area (Å²) in [5.74, 6) is 0.693. The number of nitrogen functional groups attached to an aromatic ring is 1. The van der Waals surface area contributed by atoms with Crippen LogP contribution >= 0.6 is 11.5 Å². The molecular weight excluding hydrogens is 308 g/mol. The van der Waals surface area contributed by atoms with Gasteiger partial charge in [0.2, 0.25) is 0 Å². The van der Waals surface area contributed by atoms with Gasteiger partial charge in [0.05, 0.1) is 5.25 Å². The van der Waals surface area contributed by atoms with Crippen LogP contribution in [-0.4, -0.2) is 49.6 Å². The average Bonchev–Trinajstić information content (AvgIpc) is 3.21. The Kier molecular flexibility index (Phi) is 4.11. The molecular formula is C13H22N4O2S2. The van der Waals surface area contributed by atoms with Gasteiger partial charge in [0.25, 0.3) is 0 Å². The van der Waals surface area contributed by atoms with Gasteiger partial charge in [-0.05, 0) is 56.7 Å². The Hall–Kier alpha value is -0.860. The second-order valence-corrected chi connectivity index (χ2v) is 9.06. The Labute approximate surface area is 129 Å². The zero-order chi connectivity index (χ0) is 15.0. The molecule has 3 rings (SSSR count). The van der Waals surface area contributed by atoms with E-state index in [-0.39, 0.29) is 16.0 Å². The topological polar surface area (TPSA) is 88.3 Å². The van der Waals surface area contributed by atoms with Gasteiger partial charge in [0.1, 0.15) is 9.90 Å². The van der Waals surface area contributed by atoms with Gasteiger partial charge < -0.3 is 16.0 Å². The number of piperidine rings is 1. The monoisotopic (exact) mass is 330 g/mol. The molecule has 118 valence electrons. The Morgan fingerprint density at radius 3 is 2.86 bits per heavy atom. The van der Waals surface area contributed by atoms with Crippen LogP contribution in [0, 0.1) is 5.92 Å². The van der Waals surface area contributed by atoms with Crippen LogP contribution in [0.5, 0.6) is 0 Å². The zero-order valence-corrected chi connectivity index (χ0v) is 13.8. The molecule has 0 spiro atoms. The molecule has 1 saturated heterocycles. The summed E-state index contributed by atoms with van der Waals surface area (Å²) in [5.41, 5.74) is 5.80. The first-order valence-corrected chi connectivity index (χ1v) is 9.72. The summed E-state index contributed by atoms with van der Waals surface area (Å²) < 4.78 is 28.9. The minimum absolute atomic E-state index is 0.148. The van der Waals surface area contributed by atoms with Gasteiger partial charge in [-0.15, -0.1) is 0 Å². The highest BCUT2D eigenvalue weighted by Crippen LogP contribution is 2.41. The van der Waals surface area contributed by atoms with Crippen LogP contribution in [0.25, 0.3) is 0 Å². The van der Waals surface area contributed by atoms with Crippen LogP contribution in [0.3, 0.4) is 0 Å². The van der Waals surface area contributed by atoms with Gasteiger partial charge in [0.15, 0.2) is 15.7 Å². The number of nitrogens with zero attached hydrogens (tertiary/aromatic N) is 2. The van der Waals surface area contributed by atoms with Crippen molar-refractivity contribution in [2.75, 3.05) is 37.7 Å². The van der Waals surface area contributed by atoms with E-state index in [2.05, 4.69) is 21.6 Å². The third kappa shape index (κ3) is 3.17. The Balaban J connectivity index is 1.71. The molecule has 1 aliphatic heterocycles. The van der Waals surface area contributed by atoms with E-state index in [1.807, 2.05) is 0 Å². The highest BCUT2D eigenvalue weighted by atomic mass is 32.2. The van der Waals surface area contributed by atoms with Gasteiger partial charge in [0, 0.05) is 13.1 Å². The van der Waals surface area contributed by atoms with E-state index in [9.17, 15) is 8.42 Å². The molecule has 21 heavy (non-hydrogen) atoms. The van der Waals surface area contributed by atoms with E-state index in [4.69, 9.17) is 5.73 Å². The molecule has 1 unspecified atom stereocenters. The smallest absolute Gasteiger partial charge is 0.187 e. The molecule has 1 atom stereocenters. The third-order valence-electron chi connectivity index (χ3n) is 4.20. The predicted molar refractivity (Wildman–Crippen MR) is 85.4 cm³/mol. The summed E-state index contributed by atoms with van der Waals surface area (Å²) in [6.07, 6.45) is 3.85. The van der Waals surface area contributed by atoms with Crippen LogP contribution in [-0.2, 0) is 9.84 Å². The number of likely N-dealkylation sites (tertiary alicyclic amines) is 1. The fourth-order valence-corrected chi connectivity index (χ4v) is 5.80. The van der Waals surface area contributed by atoms with Gasteiger partial charge in [-0.2, -0.15) is 4.37 Å². The first kappa shape index (κ1) is 15.1. The molecule has 0 radical (unpaired) electrons. The number of rotatable bonds is 5. The van der Waals surface area contributed by atoms with Crippen molar-refractivity contribution in [3.05, 3.63) is 0 Å². The maximum Gasteiger partial charge on any atom is 0.187 e. The van der Waals surface area contributed by atoms with Crippen molar-refractivity contribution in [3.8, 4) is 0 Å². The van der Waals surface area contributed by atoms with Gasteiger partial charge >= 0.3 is 0 Å². The fraction of sp³-hybridized carbons (Fsp3) is 0.769. The normalized spacial score (nSPS) is 24.1. The molecule has 6 nitrogen and oxygen atoms in total. The van der Waals surface area contributed by atoms with Crippen molar-refractivity contribution in [2.24, 2.45) is 5.92 Å². The molecule has 2 fully saturated rings. The van der Waals surface area contributed by atoms with Gasteiger partial charge in [-0.25, -0.2) is 8.42 Å². The molecule has 8 heteroatoms. The molecule has 1 aromatic heterocycles. The van der Waals surface area contributed by atoms with Crippen LogP contribution in [0.2, 0.25) is 0 Å². The number of sulfone groups is 1. The molecule has 1 aromatic rings. The standard InChI is InChI=1S/C13H22N4O2S2/c1-17-6-2-3-9(8-17)7-15-13-11(12(14)16-20-13)21(18,19)10-4-5-10/h9-10,15H,2-8H2,1H3,(H2,14,16). The van der Waals surface area contributed by atoms with Crippen LogP contribution in [0.1, 0.15) is 25.7 Å². The molecule has 0 amide bonds. The van der Waals surface area contributed by atoms with Crippen molar-refractivity contribution in [1.29, 1.82) is 0 Å². The van der Waals surface area contributed by atoms with E-state index in [0.29, 0.717) is 10.9 Å². The van der Waals surface area contributed by atoms with E-state index >= 15 is 0 Å². The van der Waals surface area contributed by atoms with E-state index in [0.717, 1.165) is 44.0 Å². The largest absolute Gasteiger partial charge is 0.382 e. The highest BCUT2D eigenvalue weighted by Gasteiger charge is 2.40. The molecule has 0 aromatic carbocycles. The number of hydrogen-bond acceptors (Lipinski definition) is 7. The minimum Gasteiger partial charge on any atom is -0.382 e. The summed E-state index contributed by atoms with van der Waals surface area (Å²) in [7, 11) is -1.17. The summed E-state index contributed by atoms with van der Waals surface area (Å²) in [6.45, 7) is 2.97. The fourth-order valence-electron chi connectivity index (χ4n) is 2.90. The van der Waals surface area contributed by atoms with E-state index < -0.39 is 9.84 Å². The summed E-state index contributed by atoms with van der Waals surface area (Å²) in [6, 6.07) is 0. The van der Waals surface area contributed by atoms with Crippen molar-refractivity contribution in [3.63, 3.8) is 0 Å². The summed E-state index contributed by atoms with van der Waals surface area (Å²) in [4.78, 5) is 2.55. The highest BCUT2D eigenvalue weighted by molar-refractivity contribution is 7.92. The quantitative estimate of drug-likeness (QED) is 0.849. The molecule has 1 aliphatic carbocycles. The Bertz CT molecular complexity index is 610. The lowest BCUT2D eigenvalue weighted by atomic mass is 9.99. The average molecular weight is 330 g/mol. The van der Waals surface area contributed by atoms with Gasteiger partial charge in [-0.1, -0.05) is 0 Å².